The standard InChI is InChI=1S/C52H42N5S/c1-31-26-32(2)49(33(3)27-31)56-30-55(42-19-11-12-20-43(42)56)34-22-23-36-35-14-6-10-18-41(35)57(44(36)28-34)45-29-38-47(37-15-7-9-17-40(37)54-25-24-53-51(38)54)48-50(45)58-46-21-13-8-16-39(46)52(48,4)5/h6-29,51H,30H2,1-5H3/q+1. The van der Waals surface area contributed by atoms with Gasteiger partial charge in [0.25, 0.3) is 6.17 Å². The van der Waals surface area contributed by atoms with Crippen LogP contribution in [0.5, 0.6) is 0 Å². The first-order valence-corrected chi connectivity index (χ1v) is 21.1. The van der Waals surface area contributed by atoms with Gasteiger partial charge in [0, 0.05) is 49.0 Å². The van der Waals surface area contributed by atoms with Crippen molar-refractivity contribution >= 4 is 74.4 Å². The Hall–Kier alpha value is -6.37. The van der Waals surface area contributed by atoms with E-state index in [1.165, 1.54) is 110 Å². The Labute approximate surface area is 343 Å². The minimum atomic E-state index is -0.266. The molecule has 4 aliphatic rings. The van der Waals surface area contributed by atoms with Crippen LogP contribution in [0.15, 0.2) is 148 Å². The topological polar surface area (TPSA) is 26.8 Å². The molecule has 0 amide bonds. The van der Waals surface area contributed by atoms with Crippen molar-refractivity contribution in [3.05, 3.63) is 167 Å². The fourth-order valence-electron chi connectivity index (χ4n) is 10.7. The van der Waals surface area contributed by atoms with Crippen LogP contribution in [0.2, 0.25) is 0 Å². The summed E-state index contributed by atoms with van der Waals surface area (Å²) in [6.07, 6.45) is 4.00. The molecule has 1 unspecified atom stereocenters. The first-order valence-electron chi connectivity index (χ1n) is 20.3. The molecule has 58 heavy (non-hydrogen) atoms. The lowest BCUT2D eigenvalue weighted by atomic mass is 9.72. The van der Waals surface area contributed by atoms with Gasteiger partial charge in [0.05, 0.1) is 45.4 Å². The molecule has 0 spiro atoms. The van der Waals surface area contributed by atoms with E-state index in [0.29, 0.717) is 0 Å². The van der Waals surface area contributed by atoms with Crippen molar-refractivity contribution in [1.29, 1.82) is 0 Å². The number of para-hydroxylation sites is 4. The molecule has 0 N–H and O–H groups in total. The van der Waals surface area contributed by atoms with Crippen molar-refractivity contribution in [2.75, 3.05) is 16.5 Å². The molecule has 1 atom stereocenters. The molecule has 8 aromatic rings. The summed E-state index contributed by atoms with van der Waals surface area (Å²) >= 11 is 1.92. The first kappa shape index (κ1) is 33.7. The van der Waals surface area contributed by atoms with E-state index in [1.807, 2.05) is 18.0 Å². The van der Waals surface area contributed by atoms with Gasteiger partial charge in [-0.3, -0.25) is 0 Å². The fourth-order valence-corrected chi connectivity index (χ4v) is 12.2. The number of aromatic nitrogens is 1. The SMILES string of the molecule is Cc1cc(C)c(N2CN(c3ccc4c5ccccc5n(-c5cc6c(c7c5Sc5ccccc5C7(C)C)-c5ccccc5[N+]5=CC=NC65)c4c3)c3ccccc32)c(C)c1. The molecule has 4 aliphatic heterocycles. The van der Waals surface area contributed by atoms with Crippen molar-refractivity contribution in [3.63, 3.8) is 0 Å². The molecule has 6 heteroatoms. The van der Waals surface area contributed by atoms with Crippen LogP contribution in [0.3, 0.4) is 0 Å². The van der Waals surface area contributed by atoms with Crippen LogP contribution >= 0.6 is 11.8 Å². The van der Waals surface area contributed by atoms with Crippen LogP contribution in [0.25, 0.3) is 38.6 Å². The third kappa shape index (κ3) is 4.55. The van der Waals surface area contributed by atoms with E-state index >= 15 is 0 Å². The van der Waals surface area contributed by atoms with Crippen LogP contribution in [-0.4, -0.2) is 28.2 Å². The average molecular weight is 769 g/mol. The maximum absolute atomic E-state index is 5.14. The molecule has 0 fully saturated rings. The van der Waals surface area contributed by atoms with E-state index in [-0.39, 0.29) is 11.6 Å². The van der Waals surface area contributed by atoms with Crippen LogP contribution in [0.1, 0.15) is 53.4 Å². The second-order valence-corrected chi connectivity index (χ2v) is 17.9. The molecule has 0 radical (unpaired) electrons. The maximum atomic E-state index is 5.14. The van der Waals surface area contributed by atoms with Crippen molar-refractivity contribution in [1.82, 2.24) is 4.57 Å². The number of aliphatic imine (C=N–C) groups is 1. The molecule has 1 aromatic heterocycles. The van der Waals surface area contributed by atoms with Crippen molar-refractivity contribution < 1.29 is 4.58 Å². The van der Waals surface area contributed by atoms with E-state index in [9.17, 15) is 0 Å². The van der Waals surface area contributed by atoms with E-state index < -0.39 is 0 Å². The van der Waals surface area contributed by atoms with Gasteiger partial charge in [-0.15, -0.1) is 0 Å². The van der Waals surface area contributed by atoms with Crippen LogP contribution in [0.4, 0.5) is 28.4 Å². The van der Waals surface area contributed by atoms with Crippen LogP contribution in [0, 0.1) is 20.8 Å². The number of benzene rings is 7. The highest BCUT2D eigenvalue weighted by molar-refractivity contribution is 7.99. The second-order valence-electron chi connectivity index (χ2n) is 16.8. The summed E-state index contributed by atoms with van der Waals surface area (Å²) in [4.78, 5) is 12.8. The number of anilines is 4. The van der Waals surface area contributed by atoms with E-state index in [4.69, 9.17) is 4.99 Å². The molecule has 5 heterocycles. The van der Waals surface area contributed by atoms with Crippen LogP contribution < -0.4 is 9.80 Å². The average Bonchev–Trinajstić information content (AvgIpc) is 3.95. The Morgan fingerprint density at radius 3 is 2.24 bits per heavy atom. The second kappa shape index (κ2) is 12.1. The summed E-state index contributed by atoms with van der Waals surface area (Å²) < 4.78 is 4.91. The Morgan fingerprint density at radius 1 is 0.690 bits per heavy atom. The van der Waals surface area contributed by atoms with Gasteiger partial charge >= 0.3 is 0 Å². The normalized spacial score (nSPS) is 16.8. The van der Waals surface area contributed by atoms with Gasteiger partial charge in [0.1, 0.15) is 6.67 Å². The predicted molar refractivity (Wildman–Crippen MR) is 242 cm³/mol. The molecule has 280 valence electrons. The lowest BCUT2D eigenvalue weighted by Gasteiger charge is -2.39. The highest BCUT2D eigenvalue weighted by Gasteiger charge is 2.45. The van der Waals surface area contributed by atoms with Gasteiger partial charge < -0.3 is 14.4 Å². The maximum Gasteiger partial charge on any atom is 0.278 e. The van der Waals surface area contributed by atoms with Gasteiger partial charge in [-0.25, -0.2) is 4.99 Å². The largest absolute Gasteiger partial charge is 0.321 e. The third-order valence-electron chi connectivity index (χ3n) is 13.0. The van der Waals surface area contributed by atoms with Gasteiger partial charge in [-0.1, -0.05) is 110 Å². The summed E-state index contributed by atoms with van der Waals surface area (Å²) in [5.41, 5.74) is 20.0. The highest BCUT2D eigenvalue weighted by atomic mass is 32.2. The molecule has 0 saturated heterocycles. The third-order valence-corrected chi connectivity index (χ3v) is 14.2. The Kier molecular flexibility index (Phi) is 7.02. The lowest BCUT2D eigenvalue weighted by Crippen LogP contribution is -2.28. The van der Waals surface area contributed by atoms with Crippen molar-refractivity contribution in [2.24, 2.45) is 4.99 Å². The number of hydrogen-bond acceptors (Lipinski definition) is 4. The minimum Gasteiger partial charge on any atom is -0.321 e. The van der Waals surface area contributed by atoms with Gasteiger partial charge in [-0.2, -0.15) is 4.58 Å². The lowest BCUT2D eigenvalue weighted by molar-refractivity contribution is -0.480. The number of aryl methyl sites for hydroxylation is 3. The number of fused-ring (bicyclic) bond motifs is 13. The van der Waals surface area contributed by atoms with E-state index in [0.717, 1.165) is 6.67 Å². The summed E-state index contributed by atoms with van der Waals surface area (Å²) in [6, 6.07) is 49.9. The number of rotatable bonds is 3. The summed E-state index contributed by atoms with van der Waals surface area (Å²) in [5.74, 6) is 0. The predicted octanol–water partition coefficient (Wildman–Crippen LogP) is 13.2. The first-order chi connectivity index (χ1) is 28.3. The summed E-state index contributed by atoms with van der Waals surface area (Å²) in [5, 5.41) is 2.50. The zero-order chi connectivity index (χ0) is 39.0. The molecular formula is C52H42N5S+. The number of nitrogens with zero attached hydrogens (tertiary/aromatic N) is 5. The van der Waals surface area contributed by atoms with Gasteiger partial charge in [-0.05, 0) is 91.6 Å². The zero-order valence-corrected chi connectivity index (χ0v) is 34.1. The summed E-state index contributed by atoms with van der Waals surface area (Å²) in [6.45, 7) is 12.3. The molecule has 0 aliphatic carbocycles. The van der Waals surface area contributed by atoms with E-state index in [1.54, 1.807) is 0 Å². The molecular weight excluding hydrogens is 727 g/mol. The number of hydrogen-bond donors (Lipinski definition) is 0. The van der Waals surface area contributed by atoms with Crippen molar-refractivity contribution in [3.8, 4) is 16.8 Å². The Morgan fingerprint density at radius 2 is 1.40 bits per heavy atom. The molecule has 12 rings (SSSR count). The van der Waals surface area contributed by atoms with Gasteiger partial charge in [0.2, 0.25) is 5.69 Å². The molecule has 0 bridgehead atoms. The molecule has 0 saturated carbocycles. The zero-order valence-electron chi connectivity index (χ0n) is 33.3. The Bertz CT molecular complexity index is 3140. The van der Waals surface area contributed by atoms with Crippen LogP contribution in [-0.2, 0) is 5.41 Å². The summed E-state index contributed by atoms with van der Waals surface area (Å²) in [7, 11) is 0. The molecule has 5 nitrogen and oxygen atoms in total. The van der Waals surface area contributed by atoms with Gasteiger partial charge in [0.15, 0.2) is 6.21 Å². The Balaban J connectivity index is 1.13. The smallest absolute Gasteiger partial charge is 0.278 e. The monoisotopic (exact) mass is 768 g/mol. The quantitative estimate of drug-likeness (QED) is 0.168. The van der Waals surface area contributed by atoms with E-state index in [2.05, 4.69) is 193 Å². The highest BCUT2D eigenvalue weighted by Crippen LogP contribution is 2.59. The fraction of sp³-hybridized carbons (Fsp3) is 0.154. The minimum absolute atomic E-state index is 0.128. The molecule has 7 aromatic carbocycles. The van der Waals surface area contributed by atoms with Crippen molar-refractivity contribution in [2.45, 2.75) is 56.0 Å².